The number of nitrogens with one attached hydrogen (secondary N) is 2. The summed E-state index contributed by atoms with van der Waals surface area (Å²) in [6, 6.07) is 1.31. The molecule has 0 aromatic heterocycles. The number of benzene rings is 1. The molecule has 1 heterocycles. The molecule has 14 heteroatoms. The highest BCUT2D eigenvalue weighted by Gasteiger charge is 2.30. The molecule has 11 nitrogen and oxygen atoms in total. The summed E-state index contributed by atoms with van der Waals surface area (Å²) < 4.78 is 41.6. The molecule has 172 valence electrons. The van der Waals surface area contributed by atoms with Gasteiger partial charge in [0.15, 0.2) is 6.61 Å². The zero-order chi connectivity index (χ0) is 23.0. The number of sulfonamides is 1. The molecule has 31 heavy (non-hydrogen) atoms. The van der Waals surface area contributed by atoms with Crippen molar-refractivity contribution < 1.29 is 37.0 Å². The number of methoxy groups -OCH3 is 1. The van der Waals surface area contributed by atoms with Crippen LogP contribution in [0.3, 0.4) is 0 Å². The molecule has 2 rings (SSSR count). The predicted octanol–water partition coefficient (Wildman–Crippen LogP) is 0.643. The SMILES string of the molecule is COCCNC(=O)NC(=O)COC(=O)c1cc(S(=O)(=O)N2CCOCC2)c(Cl)cc1Cl. The minimum atomic E-state index is -4.01. The first-order chi connectivity index (χ1) is 14.7. The maximum atomic E-state index is 12.9. The second-order valence-corrected chi connectivity index (χ2v) is 8.87. The van der Waals surface area contributed by atoms with Gasteiger partial charge in [-0.2, -0.15) is 4.31 Å². The summed E-state index contributed by atoms with van der Waals surface area (Å²) in [5.74, 6) is -1.95. The number of hydrogen-bond acceptors (Lipinski definition) is 8. The number of hydrogen-bond donors (Lipinski definition) is 2. The van der Waals surface area contributed by atoms with Crippen LogP contribution in [0.25, 0.3) is 0 Å². The van der Waals surface area contributed by atoms with E-state index in [0.717, 1.165) is 12.1 Å². The summed E-state index contributed by atoms with van der Waals surface area (Å²) in [4.78, 5) is 35.3. The van der Waals surface area contributed by atoms with Crippen LogP contribution in [-0.4, -0.2) is 83.8 Å². The molecular formula is C17H21Cl2N3O8S. The van der Waals surface area contributed by atoms with Crippen molar-refractivity contribution in [1.82, 2.24) is 14.9 Å². The van der Waals surface area contributed by atoms with Gasteiger partial charge in [-0.25, -0.2) is 18.0 Å². The van der Waals surface area contributed by atoms with Gasteiger partial charge >= 0.3 is 12.0 Å². The molecule has 1 aliphatic rings. The summed E-state index contributed by atoms with van der Waals surface area (Å²) in [7, 11) is -2.56. The Bertz CT molecular complexity index is 936. The fraction of sp³-hybridized carbons (Fsp3) is 0.471. The Morgan fingerprint density at radius 1 is 1.16 bits per heavy atom. The minimum absolute atomic E-state index is 0.133. The monoisotopic (exact) mass is 497 g/mol. The Morgan fingerprint density at radius 3 is 2.48 bits per heavy atom. The number of carbonyl (C=O) groups is 3. The quantitative estimate of drug-likeness (QED) is 0.393. The maximum Gasteiger partial charge on any atom is 0.340 e. The van der Waals surface area contributed by atoms with Crippen molar-refractivity contribution in [3.63, 3.8) is 0 Å². The van der Waals surface area contributed by atoms with Gasteiger partial charge in [0.25, 0.3) is 5.91 Å². The molecule has 1 fully saturated rings. The van der Waals surface area contributed by atoms with E-state index >= 15 is 0 Å². The molecule has 2 N–H and O–H groups in total. The molecule has 0 atom stereocenters. The molecule has 1 saturated heterocycles. The third kappa shape index (κ3) is 7.02. The molecule has 0 radical (unpaired) electrons. The van der Waals surface area contributed by atoms with Crippen LogP contribution >= 0.6 is 23.2 Å². The Morgan fingerprint density at radius 2 is 1.84 bits per heavy atom. The lowest BCUT2D eigenvalue weighted by Crippen LogP contribution is -2.42. The second kappa shape index (κ2) is 11.6. The zero-order valence-corrected chi connectivity index (χ0v) is 18.8. The number of rotatable bonds is 8. The molecule has 1 aliphatic heterocycles. The smallest absolute Gasteiger partial charge is 0.340 e. The average molecular weight is 498 g/mol. The van der Waals surface area contributed by atoms with Crippen LogP contribution in [0.1, 0.15) is 10.4 Å². The molecule has 1 aromatic carbocycles. The van der Waals surface area contributed by atoms with Gasteiger partial charge in [-0.3, -0.25) is 10.1 Å². The van der Waals surface area contributed by atoms with E-state index in [1.54, 1.807) is 0 Å². The van der Waals surface area contributed by atoms with E-state index in [-0.39, 0.29) is 60.0 Å². The normalized spacial score (nSPS) is 14.7. The van der Waals surface area contributed by atoms with Gasteiger partial charge in [0.05, 0.1) is 35.4 Å². The van der Waals surface area contributed by atoms with E-state index in [9.17, 15) is 22.8 Å². The van der Waals surface area contributed by atoms with Gasteiger partial charge in [0, 0.05) is 26.7 Å². The summed E-state index contributed by atoms with van der Waals surface area (Å²) in [5, 5.41) is 3.98. The van der Waals surface area contributed by atoms with Gasteiger partial charge in [-0.1, -0.05) is 23.2 Å². The molecule has 1 aromatic rings. The molecule has 0 spiro atoms. The first kappa shape index (κ1) is 25.3. The second-order valence-electron chi connectivity index (χ2n) is 6.15. The standard InChI is InChI=1S/C17H21Cl2N3O8S/c1-28-5-2-20-17(25)21-15(23)10-30-16(24)11-8-14(13(19)9-12(11)18)31(26,27)22-3-6-29-7-4-22/h8-9H,2-7,10H2,1H3,(H2,20,21,23,25). The van der Waals surface area contributed by atoms with Crippen LogP contribution < -0.4 is 10.6 Å². The lowest BCUT2D eigenvalue weighted by Gasteiger charge is -2.26. The van der Waals surface area contributed by atoms with E-state index < -0.39 is 34.5 Å². The predicted molar refractivity (Wildman–Crippen MR) is 110 cm³/mol. The van der Waals surface area contributed by atoms with Gasteiger partial charge in [0.2, 0.25) is 10.0 Å². The van der Waals surface area contributed by atoms with Crippen molar-refractivity contribution in [2.24, 2.45) is 0 Å². The zero-order valence-electron chi connectivity index (χ0n) is 16.5. The lowest BCUT2D eigenvalue weighted by molar-refractivity contribution is -0.123. The van der Waals surface area contributed by atoms with Crippen molar-refractivity contribution in [1.29, 1.82) is 0 Å². The van der Waals surface area contributed by atoms with Crippen molar-refractivity contribution in [3.05, 3.63) is 27.7 Å². The summed E-state index contributed by atoms with van der Waals surface area (Å²) in [6.07, 6.45) is 0. The van der Waals surface area contributed by atoms with Crippen LogP contribution in [0.2, 0.25) is 10.0 Å². The number of urea groups is 1. The largest absolute Gasteiger partial charge is 0.452 e. The third-order valence-corrected chi connectivity index (χ3v) is 6.68. The number of ether oxygens (including phenoxy) is 3. The summed E-state index contributed by atoms with van der Waals surface area (Å²) in [5.41, 5.74) is -0.296. The molecule has 0 aliphatic carbocycles. The molecule has 0 unspecified atom stereocenters. The molecular weight excluding hydrogens is 477 g/mol. The maximum absolute atomic E-state index is 12.9. The van der Waals surface area contributed by atoms with Crippen molar-refractivity contribution >= 4 is 51.1 Å². The molecule has 0 saturated carbocycles. The molecule has 3 amide bonds. The Labute approximate surface area is 188 Å². The number of imide groups is 1. The number of amides is 3. The number of esters is 1. The van der Waals surface area contributed by atoms with E-state index in [4.69, 9.17) is 37.4 Å². The number of carbonyl (C=O) groups excluding carboxylic acids is 3. The van der Waals surface area contributed by atoms with Gasteiger partial charge in [0.1, 0.15) is 4.90 Å². The van der Waals surface area contributed by atoms with Gasteiger partial charge < -0.3 is 19.5 Å². The van der Waals surface area contributed by atoms with E-state index in [0.29, 0.717) is 0 Å². The fourth-order valence-electron chi connectivity index (χ4n) is 2.49. The van der Waals surface area contributed by atoms with Crippen molar-refractivity contribution in [3.8, 4) is 0 Å². The topological polar surface area (TPSA) is 140 Å². The van der Waals surface area contributed by atoms with Crippen LogP contribution in [0.4, 0.5) is 4.79 Å². The van der Waals surface area contributed by atoms with Crippen molar-refractivity contribution in [2.45, 2.75) is 4.90 Å². The summed E-state index contributed by atoms with van der Waals surface area (Å²) in [6.45, 7) is 0.362. The fourth-order valence-corrected chi connectivity index (χ4v) is 4.72. The van der Waals surface area contributed by atoms with E-state index in [1.165, 1.54) is 11.4 Å². The van der Waals surface area contributed by atoms with Crippen LogP contribution in [0.5, 0.6) is 0 Å². The van der Waals surface area contributed by atoms with Crippen LogP contribution in [0, 0.1) is 0 Å². The van der Waals surface area contributed by atoms with E-state index in [1.807, 2.05) is 5.32 Å². The third-order valence-electron chi connectivity index (χ3n) is 4.01. The van der Waals surface area contributed by atoms with E-state index in [2.05, 4.69) is 5.32 Å². The van der Waals surface area contributed by atoms with Crippen molar-refractivity contribution in [2.75, 3.05) is 53.2 Å². The van der Waals surface area contributed by atoms with Gasteiger partial charge in [-0.05, 0) is 12.1 Å². The van der Waals surface area contributed by atoms with Crippen LogP contribution in [-0.2, 0) is 29.0 Å². The van der Waals surface area contributed by atoms with Crippen LogP contribution in [0.15, 0.2) is 17.0 Å². The van der Waals surface area contributed by atoms with Gasteiger partial charge in [-0.15, -0.1) is 0 Å². The lowest BCUT2D eigenvalue weighted by atomic mass is 10.2. The summed E-state index contributed by atoms with van der Waals surface area (Å²) >= 11 is 12.1. The highest BCUT2D eigenvalue weighted by atomic mass is 35.5. The number of halogens is 2. The Hall–Kier alpha value is -1.96. The average Bonchev–Trinajstić information content (AvgIpc) is 2.72. The Kier molecular flexibility index (Phi) is 9.47. The number of morpholine rings is 1. The first-order valence-electron chi connectivity index (χ1n) is 8.97. The number of nitrogens with zero attached hydrogens (tertiary/aromatic N) is 1. The Balaban J connectivity index is 2.07. The minimum Gasteiger partial charge on any atom is -0.452 e. The highest BCUT2D eigenvalue weighted by molar-refractivity contribution is 7.89. The highest BCUT2D eigenvalue weighted by Crippen LogP contribution is 2.31. The first-order valence-corrected chi connectivity index (χ1v) is 11.2. The molecule has 0 bridgehead atoms.